The highest BCUT2D eigenvalue weighted by atomic mass is 14.9. The van der Waals surface area contributed by atoms with Gasteiger partial charge >= 0.3 is 0 Å². The molecule has 0 aliphatic heterocycles. The van der Waals surface area contributed by atoms with Gasteiger partial charge in [0.05, 0.1) is 11.4 Å². The second-order valence-corrected chi connectivity index (χ2v) is 15.8. The lowest BCUT2D eigenvalue weighted by Gasteiger charge is -2.24. The van der Waals surface area contributed by atoms with Gasteiger partial charge < -0.3 is 0 Å². The Labute approximate surface area is 332 Å². The zero-order valence-corrected chi connectivity index (χ0v) is 31.9. The van der Waals surface area contributed by atoms with Gasteiger partial charge in [0.15, 0.2) is 5.82 Å². The summed E-state index contributed by atoms with van der Waals surface area (Å²) < 4.78 is 0. The van der Waals surface area contributed by atoms with Gasteiger partial charge in [0.1, 0.15) is 0 Å². The number of rotatable bonds is 5. The number of benzene rings is 9. The lowest BCUT2D eigenvalue weighted by atomic mass is 9.79. The molecule has 57 heavy (non-hydrogen) atoms. The first-order valence-corrected chi connectivity index (χ1v) is 19.7. The van der Waals surface area contributed by atoms with E-state index in [0.717, 1.165) is 33.9 Å². The molecule has 0 saturated carbocycles. The summed E-state index contributed by atoms with van der Waals surface area (Å²) in [5.74, 6) is 0.722. The highest BCUT2D eigenvalue weighted by Gasteiger charge is 2.39. The molecule has 0 N–H and O–H groups in total. The predicted molar refractivity (Wildman–Crippen MR) is 239 cm³/mol. The Balaban J connectivity index is 1.09. The smallest absolute Gasteiger partial charge is 0.160 e. The molecule has 10 aromatic rings. The Morgan fingerprint density at radius 1 is 0.351 bits per heavy atom. The molecule has 1 heterocycles. The number of fused-ring (bicyclic) bond motifs is 7. The summed E-state index contributed by atoms with van der Waals surface area (Å²) >= 11 is 0. The molecule has 11 rings (SSSR count). The third-order valence-electron chi connectivity index (χ3n) is 12.0. The van der Waals surface area contributed by atoms with Gasteiger partial charge in [-0.3, -0.25) is 0 Å². The van der Waals surface area contributed by atoms with Crippen molar-refractivity contribution in [2.75, 3.05) is 0 Å². The number of nitrogens with zero attached hydrogens (tertiary/aromatic N) is 2. The summed E-state index contributed by atoms with van der Waals surface area (Å²) in [6.07, 6.45) is 0. The molecule has 1 aliphatic carbocycles. The predicted octanol–water partition coefficient (Wildman–Crippen LogP) is 14.6. The molecule has 0 saturated heterocycles. The first-order chi connectivity index (χ1) is 28.0. The van der Waals surface area contributed by atoms with E-state index in [0.29, 0.717) is 0 Å². The molecular formula is C55H38N2. The molecule has 268 valence electrons. The summed E-state index contributed by atoms with van der Waals surface area (Å²) in [5.41, 5.74) is 14.9. The Bertz CT molecular complexity index is 3100. The molecule has 2 nitrogen and oxygen atoms in total. The van der Waals surface area contributed by atoms with Crippen molar-refractivity contribution in [3.8, 4) is 67.3 Å². The van der Waals surface area contributed by atoms with Crippen LogP contribution in [0.25, 0.3) is 99.6 Å². The minimum Gasteiger partial charge on any atom is -0.228 e. The lowest BCUT2D eigenvalue weighted by molar-refractivity contribution is 0.666. The summed E-state index contributed by atoms with van der Waals surface area (Å²) in [4.78, 5) is 10.7. The quantitative estimate of drug-likeness (QED) is 0.176. The fraction of sp³-hybridized carbons (Fsp3) is 0.0545. The normalized spacial score (nSPS) is 12.9. The molecule has 0 amide bonds. The Kier molecular flexibility index (Phi) is 7.55. The van der Waals surface area contributed by atoms with Gasteiger partial charge in [-0.15, -0.1) is 0 Å². The molecule has 1 aliphatic rings. The Morgan fingerprint density at radius 2 is 0.860 bits per heavy atom. The second-order valence-electron chi connectivity index (χ2n) is 15.8. The van der Waals surface area contributed by atoms with E-state index in [1.54, 1.807) is 0 Å². The maximum Gasteiger partial charge on any atom is 0.160 e. The van der Waals surface area contributed by atoms with Gasteiger partial charge in [0, 0.05) is 22.1 Å². The first-order valence-electron chi connectivity index (χ1n) is 19.7. The van der Waals surface area contributed by atoms with E-state index in [4.69, 9.17) is 9.97 Å². The topological polar surface area (TPSA) is 25.8 Å². The maximum absolute atomic E-state index is 5.33. The largest absolute Gasteiger partial charge is 0.228 e. The lowest BCUT2D eigenvalue weighted by Crippen LogP contribution is -2.16. The minimum absolute atomic E-state index is 0.266. The molecule has 0 fully saturated rings. The summed E-state index contributed by atoms with van der Waals surface area (Å²) in [5, 5.41) is 7.36. The molecule has 0 radical (unpaired) electrons. The van der Waals surface area contributed by atoms with E-state index in [1.807, 2.05) is 0 Å². The third kappa shape index (κ3) is 5.56. The van der Waals surface area contributed by atoms with E-state index < -0.39 is 0 Å². The van der Waals surface area contributed by atoms with Crippen LogP contribution in [0.5, 0.6) is 0 Å². The van der Waals surface area contributed by atoms with Crippen LogP contribution in [0.1, 0.15) is 25.0 Å². The molecule has 0 unspecified atom stereocenters. The average molecular weight is 727 g/mol. The Hall–Kier alpha value is -7.16. The molecule has 1 aromatic heterocycles. The summed E-state index contributed by atoms with van der Waals surface area (Å²) in [6.45, 7) is 4.76. The second kappa shape index (κ2) is 13.0. The molecule has 9 aromatic carbocycles. The van der Waals surface area contributed by atoms with E-state index in [1.165, 1.54) is 76.8 Å². The van der Waals surface area contributed by atoms with E-state index in [9.17, 15) is 0 Å². The highest BCUT2D eigenvalue weighted by molar-refractivity contribution is 6.05. The van der Waals surface area contributed by atoms with E-state index in [2.05, 4.69) is 208 Å². The fourth-order valence-electron chi connectivity index (χ4n) is 9.10. The van der Waals surface area contributed by atoms with Crippen LogP contribution < -0.4 is 0 Å². The van der Waals surface area contributed by atoms with Crippen molar-refractivity contribution in [1.82, 2.24) is 9.97 Å². The minimum atomic E-state index is -0.266. The SMILES string of the molecule is CC1(C)c2cc(-c3nc(-c4ccc5ccccc5c4)cc(-c4ccc5ccccc5c4)n3)ccc2-c2c(-c3ccc(-c4ccccc4)cc3)cc3ccccc3c21. The van der Waals surface area contributed by atoms with Gasteiger partial charge in [-0.1, -0.05) is 178 Å². The molecule has 2 heteroatoms. The van der Waals surface area contributed by atoms with Crippen LogP contribution in [0.4, 0.5) is 0 Å². The van der Waals surface area contributed by atoms with Crippen LogP contribution in [0.15, 0.2) is 194 Å². The zero-order valence-electron chi connectivity index (χ0n) is 31.9. The third-order valence-corrected chi connectivity index (χ3v) is 12.0. The van der Waals surface area contributed by atoms with Gasteiger partial charge in [-0.2, -0.15) is 0 Å². The van der Waals surface area contributed by atoms with Crippen LogP contribution >= 0.6 is 0 Å². The molecule has 0 bridgehead atoms. The Morgan fingerprint density at radius 3 is 1.51 bits per heavy atom. The van der Waals surface area contributed by atoms with E-state index >= 15 is 0 Å². The van der Waals surface area contributed by atoms with Crippen LogP contribution in [0.3, 0.4) is 0 Å². The van der Waals surface area contributed by atoms with Gasteiger partial charge in [0.2, 0.25) is 0 Å². The molecule has 0 spiro atoms. The van der Waals surface area contributed by atoms with Crippen molar-refractivity contribution < 1.29 is 0 Å². The number of hydrogen-bond donors (Lipinski definition) is 0. The average Bonchev–Trinajstić information content (AvgIpc) is 3.52. The fourth-order valence-corrected chi connectivity index (χ4v) is 9.10. The van der Waals surface area contributed by atoms with E-state index in [-0.39, 0.29) is 5.41 Å². The van der Waals surface area contributed by atoms with Gasteiger partial charge in [-0.25, -0.2) is 9.97 Å². The van der Waals surface area contributed by atoms with Crippen LogP contribution in [0, 0.1) is 0 Å². The van der Waals surface area contributed by atoms with Gasteiger partial charge in [0.25, 0.3) is 0 Å². The van der Waals surface area contributed by atoms with Crippen LogP contribution in [-0.2, 0) is 5.41 Å². The standard InChI is InChI=1S/C55H38N2/c1-55(2)49-33-45(28-29-47(49)52-48(32-42-18-10-11-19-46(42)53(52)55)39-24-20-38(21-25-39)35-12-4-3-5-13-35)54-56-50(43-26-22-36-14-6-8-16-40(36)30-43)34-51(57-54)44-27-23-37-15-7-9-17-41(37)31-44/h3-34H,1-2H3. The summed E-state index contributed by atoms with van der Waals surface area (Å²) in [7, 11) is 0. The highest BCUT2D eigenvalue weighted by Crippen LogP contribution is 2.55. The van der Waals surface area contributed by atoms with Crippen LogP contribution in [0.2, 0.25) is 0 Å². The van der Waals surface area contributed by atoms with Crippen molar-refractivity contribution in [3.63, 3.8) is 0 Å². The zero-order chi connectivity index (χ0) is 38.1. The van der Waals surface area contributed by atoms with Crippen molar-refractivity contribution >= 4 is 32.3 Å². The number of aromatic nitrogens is 2. The monoisotopic (exact) mass is 726 g/mol. The van der Waals surface area contributed by atoms with Crippen molar-refractivity contribution in [1.29, 1.82) is 0 Å². The van der Waals surface area contributed by atoms with Crippen molar-refractivity contribution in [2.45, 2.75) is 19.3 Å². The first kappa shape index (κ1) is 33.2. The van der Waals surface area contributed by atoms with Crippen molar-refractivity contribution in [3.05, 3.63) is 205 Å². The van der Waals surface area contributed by atoms with Crippen molar-refractivity contribution in [2.24, 2.45) is 0 Å². The van der Waals surface area contributed by atoms with Gasteiger partial charge in [-0.05, 0) is 107 Å². The maximum atomic E-state index is 5.33. The van der Waals surface area contributed by atoms with Crippen LogP contribution in [-0.4, -0.2) is 9.97 Å². The molecule has 0 atom stereocenters. The molecular weight excluding hydrogens is 689 g/mol. The summed E-state index contributed by atoms with van der Waals surface area (Å²) in [6, 6.07) is 70.2. The number of hydrogen-bond acceptors (Lipinski definition) is 2.